The Bertz CT molecular complexity index is 1080. The quantitative estimate of drug-likeness (QED) is 0.457. The van der Waals surface area contributed by atoms with Crippen molar-refractivity contribution in [3.63, 3.8) is 0 Å². The van der Waals surface area contributed by atoms with E-state index in [9.17, 15) is 4.39 Å². The Labute approximate surface area is 163 Å². The number of rotatable bonds is 4. The summed E-state index contributed by atoms with van der Waals surface area (Å²) in [4.78, 5) is 4.26. The summed E-state index contributed by atoms with van der Waals surface area (Å²) in [6.07, 6.45) is 3.61. The third-order valence-corrected chi connectivity index (χ3v) is 4.75. The fraction of sp³-hybridized carbons (Fsp3) is 0.136. The van der Waals surface area contributed by atoms with E-state index in [1.165, 1.54) is 24.1 Å². The highest BCUT2D eigenvalue weighted by atomic mass is 35.5. The van der Waals surface area contributed by atoms with E-state index in [1.54, 1.807) is 18.3 Å². The van der Waals surface area contributed by atoms with Crippen LogP contribution in [-0.2, 0) is 6.54 Å². The molecule has 0 aliphatic rings. The molecule has 2 aromatic carbocycles. The van der Waals surface area contributed by atoms with Crippen molar-refractivity contribution in [2.24, 2.45) is 0 Å². The van der Waals surface area contributed by atoms with Crippen LogP contribution in [0.3, 0.4) is 0 Å². The van der Waals surface area contributed by atoms with E-state index < -0.39 is 0 Å². The highest BCUT2D eigenvalue weighted by Gasteiger charge is 2.17. The fourth-order valence-electron chi connectivity index (χ4n) is 3.47. The number of para-hydroxylation sites is 1. The molecule has 0 unspecified atom stereocenters. The zero-order valence-corrected chi connectivity index (χ0v) is 16.0. The van der Waals surface area contributed by atoms with Gasteiger partial charge in [-0.2, -0.15) is 0 Å². The van der Waals surface area contributed by atoms with Gasteiger partial charge in [-0.05, 0) is 36.8 Å². The highest BCUT2D eigenvalue weighted by Crippen LogP contribution is 2.34. The van der Waals surface area contributed by atoms with Gasteiger partial charge in [0.15, 0.2) is 0 Å². The summed E-state index contributed by atoms with van der Waals surface area (Å²) >= 11 is 0. The molecular weight excluding hydrogens is 363 g/mol. The first-order valence-corrected chi connectivity index (χ1v) is 8.49. The summed E-state index contributed by atoms with van der Waals surface area (Å²) < 4.78 is 21.8. The first-order valence-electron chi connectivity index (χ1n) is 8.49. The van der Waals surface area contributed by atoms with E-state index in [1.807, 2.05) is 30.5 Å². The fourth-order valence-corrected chi connectivity index (χ4v) is 3.47. The molecule has 4 rings (SSSR count). The van der Waals surface area contributed by atoms with Gasteiger partial charge in [0.2, 0.25) is 0 Å². The second kappa shape index (κ2) is 7.80. The molecule has 4 aromatic rings. The van der Waals surface area contributed by atoms with Crippen LogP contribution in [0.4, 0.5) is 4.39 Å². The van der Waals surface area contributed by atoms with Crippen LogP contribution in [0.1, 0.15) is 11.1 Å². The minimum absolute atomic E-state index is 0. The number of hydrogen-bond acceptors (Lipinski definition) is 2. The summed E-state index contributed by atoms with van der Waals surface area (Å²) in [6, 6.07) is 17.2. The minimum Gasteiger partial charge on any atom is -0.497 e. The molecule has 0 aliphatic heterocycles. The van der Waals surface area contributed by atoms with E-state index >= 15 is 0 Å². The predicted octanol–water partition coefficient (Wildman–Crippen LogP) is 5.63. The predicted molar refractivity (Wildman–Crippen MR) is 109 cm³/mol. The number of nitrogens with zero attached hydrogens (tertiary/aromatic N) is 2. The van der Waals surface area contributed by atoms with Crippen molar-refractivity contribution in [1.82, 2.24) is 9.55 Å². The Hall–Kier alpha value is -2.85. The number of fused-ring (bicyclic) bond motifs is 1. The van der Waals surface area contributed by atoms with Gasteiger partial charge in [0.1, 0.15) is 11.6 Å². The maximum atomic E-state index is 14.6. The first kappa shape index (κ1) is 18.9. The van der Waals surface area contributed by atoms with Crippen molar-refractivity contribution < 1.29 is 9.13 Å². The van der Waals surface area contributed by atoms with Crippen molar-refractivity contribution in [2.45, 2.75) is 13.5 Å². The summed E-state index contributed by atoms with van der Waals surface area (Å²) in [6.45, 7) is 2.54. The Balaban J connectivity index is 0.00000210. The van der Waals surface area contributed by atoms with Gasteiger partial charge in [0.25, 0.3) is 0 Å². The molecule has 0 radical (unpaired) electrons. The van der Waals surface area contributed by atoms with Crippen molar-refractivity contribution >= 4 is 23.3 Å². The number of hydrogen-bond donors (Lipinski definition) is 0. The maximum absolute atomic E-state index is 14.6. The third kappa shape index (κ3) is 3.40. The van der Waals surface area contributed by atoms with E-state index in [-0.39, 0.29) is 18.2 Å². The molecule has 2 aromatic heterocycles. The smallest absolute Gasteiger partial charge is 0.131 e. The number of benzene rings is 2. The number of pyridine rings is 1. The van der Waals surface area contributed by atoms with Crippen molar-refractivity contribution in [3.05, 3.63) is 83.9 Å². The van der Waals surface area contributed by atoms with Gasteiger partial charge < -0.3 is 9.30 Å². The molecule has 0 amide bonds. The molecule has 27 heavy (non-hydrogen) atoms. The van der Waals surface area contributed by atoms with Crippen LogP contribution < -0.4 is 4.74 Å². The summed E-state index contributed by atoms with van der Waals surface area (Å²) in [5, 5.41) is 1.17. The molecule has 0 aliphatic carbocycles. The average molecular weight is 383 g/mol. The monoisotopic (exact) mass is 382 g/mol. The zero-order chi connectivity index (χ0) is 18.1. The van der Waals surface area contributed by atoms with Crippen LogP contribution in [0, 0.1) is 12.7 Å². The number of ether oxygens (including phenoxy) is 1. The van der Waals surface area contributed by atoms with Gasteiger partial charge in [0.05, 0.1) is 19.3 Å². The Morgan fingerprint density at radius 1 is 1.07 bits per heavy atom. The second-order valence-electron chi connectivity index (χ2n) is 6.28. The molecule has 0 N–H and O–H groups in total. The lowest BCUT2D eigenvalue weighted by Crippen LogP contribution is -2.04. The molecule has 138 valence electrons. The van der Waals surface area contributed by atoms with E-state index in [2.05, 4.69) is 28.6 Å². The molecule has 3 nitrogen and oxygen atoms in total. The van der Waals surface area contributed by atoms with Crippen molar-refractivity contribution in [1.29, 1.82) is 0 Å². The number of aryl methyl sites for hydroxylation is 1. The molecular formula is C22H20ClFN2O. The van der Waals surface area contributed by atoms with Crippen molar-refractivity contribution in [3.8, 4) is 17.0 Å². The molecule has 0 bridgehead atoms. The second-order valence-corrected chi connectivity index (χ2v) is 6.28. The summed E-state index contributed by atoms with van der Waals surface area (Å²) in [5.74, 6) is 0.254. The normalized spacial score (nSPS) is 10.6. The van der Waals surface area contributed by atoms with Gasteiger partial charge in [-0.3, -0.25) is 4.98 Å². The molecule has 0 fully saturated rings. The van der Waals surface area contributed by atoms with Crippen LogP contribution in [0.2, 0.25) is 0 Å². The molecule has 0 spiro atoms. The highest BCUT2D eigenvalue weighted by molar-refractivity contribution is 5.91. The number of halogens is 2. The third-order valence-electron chi connectivity index (χ3n) is 4.75. The molecule has 2 heterocycles. The topological polar surface area (TPSA) is 27.1 Å². The van der Waals surface area contributed by atoms with Gasteiger partial charge >= 0.3 is 0 Å². The zero-order valence-electron chi connectivity index (χ0n) is 15.1. The van der Waals surface area contributed by atoms with E-state index in [0.29, 0.717) is 17.9 Å². The van der Waals surface area contributed by atoms with Crippen LogP contribution in [0.15, 0.2) is 67.0 Å². The average Bonchev–Trinajstić information content (AvgIpc) is 2.96. The lowest BCUT2D eigenvalue weighted by molar-refractivity contribution is 0.410. The van der Waals surface area contributed by atoms with Gasteiger partial charge in [0, 0.05) is 40.5 Å². The molecule has 0 saturated carbocycles. The largest absolute Gasteiger partial charge is 0.497 e. The Morgan fingerprint density at radius 3 is 2.59 bits per heavy atom. The molecule has 5 heteroatoms. The standard InChI is InChI=1S/C22H19FN2O.ClH/c1-15-19-7-3-4-8-21(19)25(22(15)16-6-5-11-24-13-16)14-17-9-10-18(26-2)12-20(17)23;/h3-13H,14H2,1-2H3;1H. The molecule has 0 atom stereocenters. The van der Waals surface area contributed by atoms with Crippen LogP contribution in [0.25, 0.3) is 22.2 Å². The van der Waals surface area contributed by atoms with Crippen LogP contribution in [-0.4, -0.2) is 16.7 Å². The lowest BCUT2D eigenvalue weighted by atomic mass is 10.1. The van der Waals surface area contributed by atoms with Gasteiger partial charge in [-0.1, -0.05) is 24.3 Å². The van der Waals surface area contributed by atoms with Crippen molar-refractivity contribution in [2.75, 3.05) is 7.11 Å². The van der Waals surface area contributed by atoms with Gasteiger partial charge in [-0.25, -0.2) is 4.39 Å². The number of methoxy groups -OCH3 is 1. The summed E-state index contributed by atoms with van der Waals surface area (Å²) in [7, 11) is 1.54. The summed E-state index contributed by atoms with van der Waals surface area (Å²) in [5.41, 5.74) is 4.96. The Kier molecular flexibility index (Phi) is 5.47. The van der Waals surface area contributed by atoms with E-state index in [4.69, 9.17) is 4.74 Å². The van der Waals surface area contributed by atoms with E-state index in [0.717, 1.165) is 16.8 Å². The lowest BCUT2D eigenvalue weighted by Gasteiger charge is -2.13. The Morgan fingerprint density at radius 2 is 1.89 bits per heavy atom. The maximum Gasteiger partial charge on any atom is 0.131 e. The molecule has 0 saturated heterocycles. The van der Waals surface area contributed by atoms with Crippen LogP contribution in [0.5, 0.6) is 5.75 Å². The van der Waals surface area contributed by atoms with Crippen LogP contribution >= 0.6 is 12.4 Å². The minimum atomic E-state index is -0.267. The van der Waals surface area contributed by atoms with Gasteiger partial charge in [-0.15, -0.1) is 12.4 Å². The number of aromatic nitrogens is 2. The SMILES string of the molecule is COc1ccc(Cn2c(-c3cccnc3)c(C)c3ccccc32)c(F)c1.Cl. The first-order chi connectivity index (χ1) is 12.7.